The van der Waals surface area contributed by atoms with Crippen molar-refractivity contribution in [3.63, 3.8) is 0 Å². The maximum absolute atomic E-state index is 13.9. The van der Waals surface area contributed by atoms with Crippen molar-refractivity contribution in [1.82, 2.24) is 40.0 Å². The van der Waals surface area contributed by atoms with Gasteiger partial charge in [-0.25, -0.2) is 27.8 Å². The van der Waals surface area contributed by atoms with E-state index in [9.17, 15) is 103 Å². The van der Waals surface area contributed by atoms with E-state index in [1.54, 1.807) is 12.1 Å². The van der Waals surface area contributed by atoms with Gasteiger partial charge in [0.2, 0.25) is 29.3 Å². The lowest BCUT2D eigenvalue weighted by Crippen LogP contribution is -2.48. The number of aliphatic hydroxyl groups excluding tert-OH is 2. The van der Waals surface area contributed by atoms with Gasteiger partial charge < -0.3 is 75.2 Å². The van der Waals surface area contributed by atoms with Gasteiger partial charge >= 0.3 is 42.7 Å². The molecule has 15 N–H and O–H groups in total. The number of allylic oxidation sites excluding steroid dienone is 6. The van der Waals surface area contributed by atoms with Gasteiger partial charge in [-0.3, -0.25) is 65.6 Å². The number of aromatic amines is 1. The molecule has 2 fully saturated rings. The van der Waals surface area contributed by atoms with Gasteiger partial charge in [0.1, 0.15) is 42.8 Å². The van der Waals surface area contributed by atoms with E-state index in [1.807, 2.05) is 74.6 Å². The minimum absolute atomic E-state index is 0.000830. The summed E-state index contributed by atoms with van der Waals surface area (Å²) in [5.74, 6) is 3.44. The Morgan fingerprint density at radius 1 is 0.703 bits per heavy atom. The number of aliphatic hydroxyl groups is 2. The lowest BCUT2D eigenvalue weighted by atomic mass is 9.81. The van der Waals surface area contributed by atoms with Crippen LogP contribution in [0.2, 0.25) is 0 Å². The van der Waals surface area contributed by atoms with E-state index in [0.717, 1.165) is 54.8 Å². The van der Waals surface area contributed by atoms with Crippen molar-refractivity contribution < 1.29 is 135 Å². The molecule has 0 aliphatic carbocycles. The molecule has 42 nitrogen and oxygen atoms in total. The fourth-order valence-electron chi connectivity index (χ4n) is 13.2. The van der Waals surface area contributed by atoms with Crippen molar-refractivity contribution in [3.05, 3.63) is 149 Å². The molecule has 0 bridgehead atoms. The Labute approximate surface area is 683 Å². The van der Waals surface area contributed by atoms with Crippen LogP contribution in [-0.4, -0.2) is 206 Å². The summed E-state index contributed by atoms with van der Waals surface area (Å²) in [6.45, 7) is 8.43. The van der Waals surface area contributed by atoms with Crippen molar-refractivity contribution >= 4 is 114 Å². The number of rotatable bonds is 42. The summed E-state index contributed by atoms with van der Waals surface area (Å²) in [6, 6.07) is 8.87. The first-order chi connectivity index (χ1) is 55.1. The molecule has 4 aliphatic rings. The van der Waals surface area contributed by atoms with Crippen LogP contribution in [0.15, 0.2) is 120 Å². The number of phosphoric acid groups is 4. The van der Waals surface area contributed by atoms with Gasteiger partial charge in [-0.05, 0) is 88.4 Å². The van der Waals surface area contributed by atoms with E-state index < -0.39 is 165 Å². The Morgan fingerprint density at radius 2 is 1.32 bits per heavy atom. The van der Waals surface area contributed by atoms with Crippen molar-refractivity contribution in [3.8, 4) is 11.8 Å². The third kappa shape index (κ3) is 27.2. The molecule has 50 heteroatoms. The van der Waals surface area contributed by atoms with Gasteiger partial charge in [-0.15, -0.1) is 0 Å². The number of benzene rings is 2. The Morgan fingerprint density at radius 3 is 1.97 bits per heavy atom. The van der Waals surface area contributed by atoms with Crippen molar-refractivity contribution in [1.29, 1.82) is 0 Å². The van der Waals surface area contributed by atoms with Gasteiger partial charge in [-0.2, -0.15) is 30.0 Å². The number of carbonyl (C=O) groups is 4. The van der Waals surface area contributed by atoms with E-state index in [1.165, 1.54) is 45.9 Å². The number of likely N-dealkylation sites (N-methyl/N-ethyl adjacent to an activating group) is 1. The molecule has 9 atom stereocenters. The van der Waals surface area contributed by atoms with Crippen LogP contribution in [-0.2, 0) is 102 Å². The predicted octanol–water partition coefficient (Wildman–Crippen LogP) is 2.77. The number of phosphoric ester groups is 2. The molecule has 650 valence electrons. The highest BCUT2D eigenvalue weighted by Gasteiger charge is 2.47. The maximum atomic E-state index is 13.9. The van der Waals surface area contributed by atoms with Crippen LogP contribution in [0.5, 0.6) is 0 Å². The number of hydrogen-bond donors (Lipinski definition) is 15. The first-order valence-corrected chi connectivity index (χ1v) is 47.9. The number of aromatic nitrogens is 4. The molecule has 118 heavy (non-hydrogen) atoms. The molecule has 9 unspecified atom stereocenters. The van der Waals surface area contributed by atoms with E-state index in [0.29, 0.717) is 62.9 Å². The Kier molecular flexibility index (Phi) is 33.5. The average molecular weight is 1810 g/mol. The number of anilines is 1. The Balaban J connectivity index is 0.847. The number of H-pyrrole nitrogens is 1. The normalized spacial score (nSPS) is 20.8. The largest absolute Gasteiger partial charge is 0.490 e. The monoisotopic (exact) mass is 1810 g/mol. The Hall–Kier alpha value is -7.19. The predicted molar refractivity (Wildman–Crippen MR) is 425 cm³/mol. The number of nitrogens with one attached hydrogen (secondary N) is 5. The zero-order chi connectivity index (χ0) is 87.1. The number of unbranched alkanes of at least 4 members (excludes halogenated alkanes) is 4. The minimum Gasteiger partial charge on any atom is -0.390 e. The van der Waals surface area contributed by atoms with Crippen molar-refractivity contribution in [2.24, 2.45) is 0 Å². The summed E-state index contributed by atoms with van der Waals surface area (Å²) >= 11 is 0. The van der Waals surface area contributed by atoms with E-state index in [2.05, 4.69) is 55.7 Å². The number of amides is 4. The zero-order valence-corrected chi connectivity index (χ0v) is 70.9. The second-order valence-electron chi connectivity index (χ2n) is 28.2. The van der Waals surface area contributed by atoms with Gasteiger partial charge in [0.05, 0.1) is 47.2 Å². The Bertz CT molecular complexity index is 5300. The van der Waals surface area contributed by atoms with Gasteiger partial charge in [0.15, 0.2) is 5.71 Å². The first kappa shape index (κ1) is 96.3. The highest BCUT2D eigenvalue weighted by Crippen LogP contribution is 2.66. The standard InChI is InChI=1S/C68H92N10O32P4S4/c1-6-74-49-24-22-44(117(99,100)101)35-46(49)67(2,3)55(74)18-10-7-11-19-56-68(4,5)47-36-45(118(102,103)104)23-25-50(47)75(56)31-15-9-13-21-59(83)72-48(64(86)71-28-14-8-12-20-57(81)70-30-33-76-60(84)26-32-77(66(76)88)61-37-51(79)53(107-61)40-105-111(89,90)91)42-116-115-34-27-58(82)69-29-16-17-43-39-78(65(87)73-63(43)85)62-38-52(80)54(108-62)41-106-113(95,96)110-114(97,98)109-112(92,93)94/h7,10-11,18-19,22-26,32,35-36,39,48,51-54,61-62,79-80H,6,8-9,12-15,20-21,27-31,33-34,37-38,40-42H2,1-5H3,(H12-,69,70,71,72,73,81,82,83,85,86,87,89,90,91,92,93,94,95,96,97,98,99,100,101,102,103,104)/p+1. The van der Waals surface area contributed by atoms with Crippen LogP contribution in [0.25, 0.3) is 0 Å². The summed E-state index contributed by atoms with van der Waals surface area (Å²) in [5, 5.41) is 31.8. The van der Waals surface area contributed by atoms with Gasteiger partial charge in [-0.1, -0.05) is 71.9 Å². The molecule has 0 saturated carbocycles. The van der Waals surface area contributed by atoms with Crippen molar-refractivity contribution in [2.45, 2.75) is 175 Å². The lowest BCUT2D eigenvalue weighted by Gasteiger charge is -2.25. The average Bonchev–Trinajstić information content (AvgIpc) is 1.59. The fraction of sp³-hybridized carbons (Fsp3) is 0.515. The van der Waals surface area contributed by atoms with Gasteiger partial charge in [0, 0.05) is 129 Å². The van der Waals surface area contributed by atoms with Crippen LogP contribution < -0.4 is 48.7 Å². The summed E-state index contributed by atoms with van der Waals surface area (Å²) in [4.78, 5) is 163. The molecule has 4 aliphatic heterocycles. The first-order valence-electron chi connectivity index (χ1n) is 36.5. The van der Waals surface area contributed by atoms with E-state index in [-0.39, 0.29) is 85.1 Å². The van der Waals surface area contributed by atoms with Crippen LogP contribution in [0.4, 0.5) is 11.4 Å². The van der Waals surface area contributed by atoms with E-state index in [4.69, 9.17) is 29.0 Å². The van der Waals surface area contributed by atoms with Crippen LogP contribution in [0.1, 0.15) is 134 Å². The third-order valence-electron chi connectivity index (χ3n) is 19.0. The molecule has 4 amide bonds. The highest BCUT2D eigenvalue weighted by molar-refractivity contribution is 8.76. The minimum atomic E-state index is -5.86. The van der Waals surface area contributed by atoms with Crippen LogP contribution in [0, 0.1) is 11.8 Å². The number of fused-ring (bicyclic) bond motifs is 2. The number of ether oxygens (including phenoxy) is 2. The molecule has 0 radical (unpaired) electrons. The van der Waals surface area contributed by atoms with Crippen LogP contribution in [0.3, 0.4) is 0 Å². The van der Waals surface area contributed by atoms with Crippen LogP contribution >= 0.6 is 52.9 Å². The second kappa shape index (κ2) is 41.1. The molecule has 4 aromatic rings. The maximum Gasteiger partial charge on any atom is 0.490 e. The molecule has 2 aromatic carbocycles. The molecule has 2 saturated heterocycles. The SMILES string of the molecule is CCN1/C(=C/C=C/C=C/C2=[N+](CCCCCC(=O)NC(CSSCCC(=O)NCC#Cc3cn(C4CC(O)C(COP(=O)(O)OP(=O)(O)OP(=O)(O)O)O4)c(=O)[nH]c3=O)C(=O)NCCCCCC(=O)NCCn3c(=O)ccn(C4CC(O)C(COP(=O)(O)O)O4)c3=O)c3ccc(S(=O)(=O)O)cc3C2(C)C)C(C)(C)c2cc(S(=O)(=O)O)ccc21. The number of nitrogens with zero attached hydrogens (tertiary/aromatic N) is 5. The highest BCUT2D eigenvalue weighted by atomic mass is 33.1. The van der Waals surface area contributed by atoms with Gasteiger partial charge in [0.25, 0.3) is 31.4 Å². The molecular weight excluding hydrogens is 1720 g/mol. The summed E-state index contributed by atoms with van der Waals surface area (Å²) in [6.07, 6.45) is 5.51. The summed E-state index contributed by atoms with van der Waals surface area (Å²) in [7, 11) is -28.7. The fourth-order valence-corrected chi connectivity index (χ4v) is 19.7. The molecule has 0 spiro atoms. The lowest BCUT2D eigenvalue weighted by molar-refractivity contribution is -0.438. The number of hydrogen-bond acceptors (Lipinski definition) is 27. The molecule has 6 heterocycles. The quantitative estimate of drug-likeness (QED) is 0.00577. The zero-order valence-electron chi connectivity index (χ0n) is 64.1. The van der Waals surface area contributed by atoms with E-state index >= 15 is 0 Å². The molecule has 2 aromatic heterocycles. The molecule has 8 rings (SSSR count). The van der Waals surface area contributed by atoms with Crippen molar-refractivity contribution in [2.75, 3.05) is 62.3 Å². The summed E-state index contributed by atoms with van der Waals surface area (Å²) in [5.41, 5.74) is -0.749. The number of carbonyl (C=O) groups excluding carboxylic acids is 4. The third-order valence-corrected chi connectivity index (χ3v) is 27.4. The summed E-state index contributed by atoms with van der Waals surface area (Å²) < 4.78 is 147. The molecular formula is C68H93N10O32P4S4+. The second-order valence-corrected chi connectivity index (χ2v) is 39.3. The smallest absolute Gasteiger partial charge is 0.390 e. The topological polar surface area (TPSA) is 616 Å².